The smallest absolute Gasteiger partial charge is 0.255 e. The molecule has 0 heterocycles. The predicted molar refractivity (Wildman–Crippen MR) is 147 cm³/mol. The molecule has 0 bridgehead atoms. The van der Waals surface area contributed by atoms with Gasteiger partial charge in [0.1, 0.15) is 22.8 Å². The number of primary amides is 1. The summed E-state index contributed by atoms with van der Waals surface area (Å²) in [5.41, 5.74) is 3.64. The van der Waals surface area contributed by atoms with Crippen LogP contribution in [0.2, 0.25) is 0 Å². The maximum Gasteiger partial charge on any atom is 0.255 e. The number of phenolic OH excluding ortho intramolecular Hbond substituents is 1. The summed E-state index contributed by atoms with van der Waals surface area (Å²) in [5, 5.41) is 46.9. The third-order valence-electron chi connectivity index (χ3n) is 9.36. The molecule has 1 amide bonds. The summed E-state index contributed by atoms with van der Waals surface area (Å²) in [6.45, 7) is 0. The predicted octanol–water partition coefficient (Wildman–Crippen LogP) is 2.85. The van der Waals surface area contributed by atoms with Crippen LogP contribution < -0.4 is 5.73 Å². The van der Waals surface area contributed by atoms with Crippen LogP contribution in [0.4, 0.5) is 0 Å². The average molecular weight is 547 g/mol. The first kappa shape index (κ1) is 26.5. The lowest BCUT2D eigenvalue weighted by Crippen LogP contribution is -2.65. The average Bonchev–Trinajstić information content (AvgIpc) is 3.70. The zero-order chi connectivity index (χ0) is 28.7. The quantitative estimate of drug-likeness (QED) is 0.346. The molecule has 0 radical (unpaired) electrons. The van der Waals surface area contributed by atoms with Gasteiger partial charge in [0.05, 0.1) is 11.6 Å². The molecule has 40 heavy (non-hydrogen) atoms. The number of phenols is 1. The molecule has 2 aromatic rings. The Labute approximate surface area is 231 Å². The Bertz CT molecular complexity index is 1550. The molecule has 210 valence electrons. The van der Waals surface area contributed by atoms with Crippen LogP contribution in [0.3, 0.4) is 0 Å². The van der Waals surface area contributed by atoms with E-state index in [1.165, 1.54) is 24.2 Å². The number of ketones is 2. The number of aromatic hydroxyl groups is 1. The van der Waals surface area contributed by atoms with Crippen molar-refractivity contribution in [2.24, 2.45) is 23.5 Å². The minimum absolute atomic E-state index is 0.0739. The van der Waals surface area contributed by atoms with Crippen LogP contribution in [-0.2, 0) is 27.2 Å². The first-order valence-corrected chi connectivity index (χ1v) is 13.9. The van der Waals surface area contributed by atoms with Crippen LogP contribution in [0, 0.1) is 17.8 Å². The molecule has 0 spiro atoms. The van der Waals surface area contributed by atoms with E-state index < -0.39 is 58.0 Å². The zero-order valence-corrected chi connectivity index (χ0v) is 22.6. The van der Waals surface area contributed by atoms with Crippen molar-refractivity contribution in [2.45, 2.75) is 56.6 Å². The number of nitrogens with zero attached hydrogens (tertiary/aromatic N) is 1. The van der Waals surface area contributed by atoms with Gasteiger partial charge in [-0.2, -0.15) is 0 Å². The molecule has 2 saturated carbocycles. The maximum atomic E-state index is 14.0. The number of Topliss-reactive ketones (excluding diaryl/α,β-unsaturated/α-hetero) is 2. The number of rotatable bonds is 6. The third-order valence-corrected chi connectivity index (χ3v) is 9.36. The Kier molecular flexibility index (Phi) is 6.08. The molecule has 0 aromatic heterocycles. The van der Waals surface area contributed by atoms with Crippen LogP contribution in [0.1, 0.15) is 48.8 Å². The Hall–Kier alpha value is -3.69. The van der Waals surface area contributed by atoms with Gasteiger partial charge in [0.25, 0.3) is 5.91 Å². The first-order chi connectivity index (χ1) is 18.9. The van der Waals surface area contributed by atoms with Gasteiger partial charge in [-0.15, -0.1) is 0 Å². The van der Waals surface area contributed by atoms with E-state index in [4.69, 9.17) is 5.73 Å². The third kappa shape index (κ3) is 3.78. The number of benzene rings is 2. The van der Waals surface area contributed by atoms with E-state index in [1.54, 1.807) is 14.1 Å². The normalized spacial score (nSPS) is 28.1. The highest BCUT2D eigenvalue weighted by molar-refractivity contribution is 6.24. The van der Waals surface area contributed by atoms with Gasteiger partial charge >= 0.3 is 0 Å². The van der Waals surface area contributed by atoms with E-state index in [1.807, 2.05) is 18.2 Å². The van der Waals surface area contributed by atoms with Crippen molar-refractivity contribution in [3.8, 4) is 5.75 Å². The van der Waals surface area contributed by atoms with Crippen molar-refractivity contribution in [1.82, 2.24) is 4.90 Å². The van der Waals surface area contributed by atoms with Crippen molar-refractivity contribution >= 4 is 34.0 Å². The van der Waals surface area contributed by atoms with Crippen LogP contribution in [0.15, 0.2) is 41.2 Å². The summed E-state index contributed by atoms with van der Waals surface area (Å²) in [6.07, 6.45) is 6.09. The number of nitrogens with two attached hydrogens (primary N) is 1. The molecule has 0 aliphatic heterocycles. The molecule has 9 nitrogen and oxygen atoms in total. The molecule has 6 N–H and O–H groups in total. The fraction of sp³-hybridized carbons (Fsp3) is 0.452. The van der Waals surface area contributed by atoms with E-state index in [-0.39, 0.29) is 29.7 Å². The Balaban J connectivity index is 1.46. The highest BCUT2D eigenvalue weighted by atomic mass is 16.3. The molecule has 2 aromatic carbocycles. The number of likely N-dealkylation sites (N-methyl/N-ethyl adjacent to an activating group) is 1. The van der Waals surface area contributed by atoms with Crippen molar-refractivity contribution in [3.05, 3.63) is 57.9 Å². The van der Waals surface area contributed by atoms with E-state index >= 15 is 0 Å². The van der Waals surface area contributed by atoms with E-state index in [2.05, 4.69) is 6.07 Å². The van der Waals surface area contributed by atoms with Crippen LogP contribution in [0.25, 0.3) is 16.5 Å². The lowest BCUT2D eigenvalue weighted by atomic mass is 9.57. The summed E-state index contributed by atoms with van der Waals surface area (Å²) >= 11 is 0. The van der Waals surface area contributed by atoms with E-state index in [0.29, 0.717) is 10.9 Å². The van der Waals surface area contributed by atoms with E-state index in [9.17, 15) is 34.8 Å². The summed E-state index contributed by atoms with van der Waals surface area (Å²) in [5.74, 6) is -5.53. The molecule has 9 heteroatoms. The van der Waals surface area contributed by atoms with Gasteiger partial charge in [0.2, 0.25) is 5.78 Å². The number of aliphatic hydroxyl groups excluding tert-OH is 2. The summed E-state index contributed by atoms with van der Waals surface area (Å²) in [7, 11) is 3.16. The van der Waals surface area contributed by atoms with Crippen LogP contribution >= 0.6 is 0 Å². The molecule has 0 unspecified atom stereocenters. The number of aliphatic hydroxyl groups is 3. The topological polar surface area (TPSA) is 161 Å². The van der Waals surface area contributed by atoms with Gasteiger partial charge in [0.15, 0.2) is 11.4 Å². The van der Waals surface area contributed by atoms with Gasteiger partial charge in [0, 0.05) is 16.9 Å². The largest absolute Gasteiger partial charge is 0.508 e. The summed E-state index contributed by atoms with van der Waals surface area (Å²) in [6, 6.07) is 6.72. The standard InChI is InChI=1S/C31H34N2O7/c1-33(2)24-20-13-18-12-17-11-16-9-8-15(5-3-4-14-6-7-14)10-19(16)25(34)21(17)26(35)22(18)28(37)31(20,40)29(38)23(27(24)36)30(32)39/h8-11,14,18,20,24,34-35,38,40H,3-7,12-13H2,1-2H3,(H2,32,39)/t18-,20-,24-,31-/m0/s1. The van der Waals surface area contributed by atoms with Gasteiger partial charge in [-0.25, -0.2) is 0 Å². The summed E-state index contributed by atoms with van der Waals surface area (Å²) < 4.78 is 0. The Morgan fingerprint density at radius 2 is 1.85 bits per heavy atom. The molecular weight excluding hydrogens is 512 g/mol. The molecule has 0 saturated heterocycles. The summed E-state index contributed by atoms with van der Waals surface area (Å²) in [4.78, 5) is 40.8. The van der Waals surface area contributed by atoms with Gasteiger partial charge in [-0.3, -0.25) is 19.3 Å². The van der Waals surface area contributed by atoms with Crippen molar-refractivity contribution in [2.75, 3.05) is 14.1 Å². The minimum atomic E-state index is -2.63. The number of aryl methyl sites for hydroxylation is 1. The van der Waals surface area contributed by atoms with Crippen LogP contribution in [0.5, 0.6) is 5.75 Å². The molecular formula is C31H34N2O7. The highest BCUT2D eigenvalue weighted by Gasteiger charge is 2.64. The van der Waals surface area contributed by atoms with Crippen molar-refractivity contribution in [3.63, 3.8) is 0 Å². The second kappa shape index (κ2) is 9.17. The number of carbonyl (C=O) groups excluding carboxylic acids is 3. The number of amides is 1. The minimum Gasteiger partial charge on any atom is -0.508 e. The van der Waals surface area contributed by atoms with Crippen molar-refractivity contribution < 1.29 is 34.8 Å². The maximum absolute atomic E-state index is 14.0. The fourth-order valence-corrected chi connectivity index (χ4v) is 7.21. The zero-order valence-electron chi connectivity index (χ0n) is 22.6. The molecule has 6 rings (SSSR count). The molecule has 4 aliphatic rings. The Morgan fingerprint density at radius 1 is 1.12 bits per heavy atom. The van der Waals surface area contributed by atoms with Crippen molar-refractivity contribution in [1.29, 1.82) is 0 Å². The van der Waals surface area contributed by atoms with Crippen LogP contribution in [-0.4, -0.2) is 68.5 Å². The van der Waals surface area contributed by atoms with Gasteiger partial charge < -0.3 is 26.2 Å². The number of hydrogen-bond donors (Lipinski definition) is 5. The second-order valence-electron chi connectivity index (χ2n) is 12.1. The molecule has 4 aliphatic carbocycles. The van der Waals surface area contributed by atoms with Gasteiger partial charge in [-0.1, -0.05) is 37.5 Å². The fourth-order valence-electron chi connectivity index (χ4n) is 7.21. The van der Waals surface area contributed by atoms with E-state index in [0.717, 1.165) is 29.7 Å². The number of carbonyl (C=O) groups is 3. The second-order valence-corrected chi connectivity index (χ2v) is 12.1. The number of hydrogen-bond acceptors (Lipinski definition) is 8. The number of fused-ring (bicyclic) bond motifs is 4. The highest BCUT2D eigenvalue weighted by Crippen LogP contribution is 2.53. The monoisotopic (exact) mass is 546 g/mol. The lowest BCUT2D eigenvalue weighted by molar-refractivity contribution is -0.153. The molecule has 2 fully saturated rings. The Morgan fingerprint density at radius 3 is 2.50 bits per heavy atom. The molecule has 4 atom stereocenters. The SMILES string of the molecule is CN(C)[C@@H]1C(=O)C(C(N)=O)=C(O)[C@@]2(O)C(=O)C3=C(O)c4c(cc5ccc(CCCC6CC6)cc5c4O)C[C@H]3C[C@@H]12. The lowest BCUT2D eigenvalue weighted by Gasteiger charge is -2.50. The first-order valence-electron chi connectivity index (χ1n) is 13.9. The van der Waals surface area contributed by atoms with Gasteiger partial charge in [-0.05, 0) is 74.2 Å².